The molecule has 0 unspecified atom stereocenters. The number of nitrogens with one attached hydrogen (secondary N) is 2. The highest BCUT2D eigenvalue weighted by atomic mass is 16.2. The zero-order valence-electron chi connectivity index (χ0n) is 11.6. The van der Waals surface area contributed by atoms with E-state index in [0.717, 1.165) is 0 Å². The molecular weight excluding hydrogens is 284 g/mol. The van der Waals surface area contributed by atoms with Crippen molar-refractivity contribution in [2.75, 3.05) is 12.1 Å². The van der Waals surface area contributed by atoms with Gasteiger partial charge in [0.15, 0.2) is 0 Å². The van der Waals surface area contributed by atoms with E-state index in [1.54, 1.807) is 31.4 Å². The number of hydrogen-bond donors (Lipinski definition) is 2. The first-order valence-corrected chi connectivity index (χ1v) is 6.46. The van der Waals surface area contributed by atoms with Crippen LogP contribution in [0.3, 0.4) is 0 Å². The molecule has 1 amide bonds. The third-order valence-electron chi connectivity index (χ3n) is 3.05. The third kappa shape index (κ3) is 2.42. The van der Waals surface area contributed by atoms with Gasteiger partial charge in [0, 0.05) is 24.8 Å². The molecule has 0 saturated carbocycles. The van der Waals surface area contributed by atoms with Crippen LogP contribution in [-0.4, -0.2) is 32.9 Å². The molecule has 0 saturated heterocycles. The summed E-state index contributed by atoms with van der Waals surface area (Å²) in [5, 5.41) is 1.77. The van der Waals surface area contributed by atoms with Crippen molar-refractivity contribution in [2.24, 2.45) is 0 Å². The monoisotopic (exact) mass is 296 g/mol. The van der Waals surface area contributed by atoms with Crippen LogP contribution in [0.4, 0.5) is 5.82 Å². The Morgan fingerprint density at radius 2 is 2.18 bits per heavy atom. The van der Waals surface area contributed by atoms with Gasteiger partial charge in [-0.1, -0.05) is 6.07 Å². The van der Waals surface area contributed by atoms with E-state index in [1.807, 2.05) is 0 Å². The molecule has 0 aliphatic rings. The Balaban J connectivity index is 2.08. The average molecular weight is 296 g/mol. The Morgan fingerprint density at radius 1 is 1.32 bits per heavy atom. The number of fused-ring (bicyclic) bond motifs is 1. The van der Waals surface area contributed by atoms with Gasteiger partial charge in [0.2, 0.25) is 0 Å². The summed E-state index contributed by atoms with van der Waals surface area (Å²) in [6.07, 6.45) is 4.42. The Kier molecular flexibility index (Phi) is 3.58. The van der Waals surface area contributed by atoms with Gasteiger partial charge in [-0.25, -0.2) is 25.4 Å². The van der Waals surface area contributed by atoms with Crippen molar-refractivity contribution in [1.82, 2.24) is 25.4 Å². The second-order valence-electron chi connectivity index (χ2n) is 4.39. The maximum Gasteiger partial charge on any atom is 0.279 e. The fraction of sp³-hybridized carbons (Fsp3) is 0.0714. The van der Waals surface area contributed by atoms with Crippen molar-refractivity contribution in [2.45, 2.75) is 0 Å². The van der Waals surface area contributed by atoms with E-state index in [1.165, 1.54) is 23.6 Å². The van der Waals surface area contributed by atoms with E-state index >= 15 is 0 Å². The summed E-state index contributed by atoms with van der Waals surface area (Å²) in [6, 6.07) is 6.61. The number of carbonyl (C=O) groups is 1. The molecular formula is C14H12N6O2. The molecule has 3 heterocycles. The fourth-order valence-corrected chi connectivity index (χ4v) is 2.03. The molecule has 0 atom stereocenters. The predicted octanol–water partition coefficient (Wildman–Crippen LogP) is 0.494. The van der Waals surface area contributed by atoms with E-state index in [0.29, 0.717) is 16.9 Å². The van der Waals surface area contributed by atoms with Crippen molar-refractivity contribution in [3.63, 3.8) is 0 Å². The van der Waals surface area contributed by atoms with Crippen molar-refractivity contribution >= 4 is 22.8 Å². The average Bonchev–Trinajstić information content (AvgIpc) is 2.55. The molecule has 0 radical (unpaired) electrons. The van der Waals surface area contributed by atoms with Gasteiger partial charge < -0.3 is 4.98 Å². The summed E-state index contributed by atoms with van der Waals surface area (Å²) in [7, 11) is 1.57. The number of carbonyl (C=O) groups excluding carboxylic acids is 1. The molecule has 22 heavy (non-hydrogen) atoms. The predicted molar refractivity (Wildman–Crippen MR) is 80.3 cm³/mol. The molecule has 110 valence electrons. The fourth-order valence-electron chi connectivity index (χ4n) is 2.03. The number of aromatic amines is 1. The van der Waals surface area contributed by atoms with Gasteiger partial charge in [-0.15, -0.1) is 0 Å². The van der Waals surface area contributed by atoms with E-state index in [9.17, 15) is 9.59 Å². The largest absolute Gasteiger partial charge is 0.306 e. The van der Waals surface area contributed by atoms with E-state index < -0.39 is 11.5 Å². The van der Waals surface area contributed by atoms with Crippen LogP contribution in [0, 0.1) is 0 Å². The second-order valence-corrected chi connectivity index (χ2v) is 4.39. The quantitative estimate of drug-likeness (QED) is 0.682. The Hall–Kier alpha value is -3.13. The summed E-state index contributed by atoms with van der Waals surface area (Å²) in [5.74, 6) is -0.132. The summed E-state index contributed by atoms with van der Waals surface area (Å²) in [5.41, 5.74) is 2.56. The van der Waals surface area contributed by atoms with Crippen LogP contribution >= 0.6 is 0 Å². The maximum atomic E-state index is 12.6. The van der Waals surface area contributed by atoms with Gasteiger partial charge in [-0.05, 0) is 18.2 Å². The van der Waals surface area contributed by atoms with Gasteiger partial charge in [0.25, 0.3) is 11.5 Å². The number of anilines is 1. The molecule has 8 heteroatoms. The molecule has 3 aromatic heterocycles. The maximum absolute atomic E-state index is 12.6. The lowest BCUT2D eigenvalue weighted by Crippen LogP contribution is -2.43. The highest BCUT2D eigenvalue weighted by Crippen LogP contribution is 2.12. The van der Waals surface area contributed by atoms with Crippen LogP contribution in [0.2, 0.25) is 0 Å². The number of H-pyrrole nitrogens is 1. The topological polar surface area (TPSA) is 104 Å². The van der Waals surface area contributed by atoms with E-state index in [4.69, 9.17) is 0 Å². The Bertz CT molecular complexity index is 877. The molecule has 0 aromatic carbocycles. The minimum absolute atomic E-state index is 0.0256. The zero-order valence-corrected chi connectivity index (χ0v) is 11.6. The molecule has 0 aliphatic heterocycles. The van der Waals surface area contributed by atoms with Crippen molar-refractivity contribution in [3.8, 4) is 0 Å². The molecule has 0 bridgehead atoms. The summed E-state index contributed by atoms with van der Waals surface area (Å²) in [6.45, 7) is 0. The number of rotatable bonds is 3. The van der Waals surface area contributed by atoms with Gasteiger partial charge in [-0.3, -0.25) is 9.59 Å². The molecule has 2 N–H and O–H groups in total. The zero-order chi connectivity index (χ0) is 15.5. The van der Waals surface area contributed by atoms with Crippen molar-refractivity contribution < 1.29 is 4.79 Å². The molecule has 3 rings (SSSR count). The van der Waals surface area contributed by atoms with Gasteiger partial charge in [0.05, 0.1) is 0 Å². The smallest absolute Gasteiger partial charge is 0.279 e. The standard InChI is InChI=1S/C14H12N6O2/c1-15-20(11-4-2-3-5-17-11)14(22)10-6-9-7-16-8-18-12(9)19-13(10)21/h2-8,15H,1H3,(H,16,18,19,21). The van der Waals surface area contributed by atoms with Crippen LogP contribution in [0.5, 0.6) is 0 Å². The summed E-state index contributed by atoms with van der Waals surface area (Å²) >= 11 is 0. The van der Waals surface area contributed by atoms with Gasteiger partial charge in [0.1, 0.15) is 23.4 Å². The van der Waals surface area contributed by atoms with Crippen LogP contribution in [0.1, 0.15) is 10.4 Å². The molecule has 0 aliphatic carbocycles. The van der Waals surface area contributed by atoms with Crippen LogP contribution in [0.25, 0.3) is 11.0 Å². The number of aromatic nitrogens is 4. The number of hydrazine groups is 1. The normalized spacial score (nSPS) is 10.6. The third-order valence-corrected chi connectivity index (χ3v) is 3.05. The number of nitrogens with zero attached hydrogens (tertiary/aromatic N) is 4. The molecule has 8 nitrogen and oxygen atoms in total. The van der Waals surface area contributed by atoms with Gasteiger partial charge in [-0.2, -0.15) is 0 Å². The van der Waals surface area contributed by atoms with Crippen LogP contribution < -0.4 is 16.0 Å². The van der Waals surface area contributed by atoms with Crippen LogP contribution in [-0.2, 0) is 0 Å². The highest BCUT2D eigenvalue weighted by Gasteiger charge is 2.21. The second kappa shape index (κ2) is 5.70. The van der Waals surface area contributed by atoms with Crippen LogP contribution in [0.15, 0.2) is 47.8 Å². The molecule has 0 fully saturated rings. The lowest BCUT2D eigenvalue weighted by Gasteiger charge is -2.19. The summed E-state index contributed by atoms with van der Waals surface area (Å²) < 4.78 is 0. The lowest BCUT2D eigenvalue weighted by molar-refractivity contribution is 0.0975. The first-order valence-electron chi connectivity index (χ1n) is 6.46. The Morgan fingerprint density at radius 3 is 2.91 bits per heavy atom. The highest BCUT2D eigenvalue weighted by molar-refractivity contribution is 6.06. The first-order chi connectivity index (χ1) is 10.7. The number of pyridine rings is 2. The number of hydrogen-bond acceptors (Lipinski definition) is 6. The summed E-state index contributed by atoms with van der Waals surface area (Å²) in [4.78, 5) is 39.2. The SMILES string of the molecule is CNN(C(=O)c1cc2cncnc2[nH]c1=O)c1ccccn1. The molecule has 3 aromatic rings. The number of amides is 1. The first kappa shape index (κ1) is 13.8. The van der Waals surface area contributed by atoms with E-state index in [2.05, 4.69) is 25.4 Å². The Labute approximate surface area is 124 Å². The van der Waals surface area contributed by atoms with Crippen molar-refractivity contribution in [3.05, 3.63) is 58.9 Å². The van der Waals surface area contributed by atoms with E-state index in [-0.39, 0.29) is 5.56 Å². The van der Waals surface area contributed by atoms with Crippen molar-refractivity contribution in [1.29, 1.82) is 0 Å². The molecule has 0 spiro atoms. The lowest BCUT2D eigenvalue weighted by atomic mass is 10.2. The minimum atomic E-state index is -0.521. The van der Waals surface area contributed by atoms with Gasteiger partial charge >= 0.3 is 0 Å². The minimum Gasteiger partial charge on any atom is -0.306 e.